The Morgan fingerprint density at radius 3 is 1.38 bits per heavy atom. The van der Waals surface area contributed by atoms with E-state index >= 15 is 0 Å². The van der Waals surface area contributed by atoms with Gasteiger partial charge in [-0.25, -0.2) is 4.79 Å². The highest BCUT2D eigenvalue weighted by atomic mass is 16.6. The molecule has 4 nitrogen and oxygen atoms in total. The van der Waals surface area contributed by atoms with Crippen LogP contribution in [0.15, 0.2) is 0 Å². The highest BCUT2D eigenvalue weighted by Crippen LogP contribution is 2.13. The topological polar surface area (TPSA) is 55.4 Å². The quantitative estimate of drug-likeness (QED) is 0.162. The summed E-state index contributed by atoms with van der Waals surface area (Å²) >= 11 is 0. The first-order valence-corrected chi connectivity index (χ1v) is 11.2. The first-order valence-electron chi connectivity index (χ1n) is 11.2. The molecule has 0 aliphatic carbocycles. The summed E-state index contributed by atoms with van der Waals surface area (Å²) in [5, 5.41) is 2.62. The van der Waals surface area contributed by atoms with E-state index in [4.69, 9.17) is 0 Å². The summed E-state index contributed by atoms with van der Waals surface area (Å²) in [6, 6.07) is 0. The predicted octanol–water partition coefficient (Wildman–Crippen LogP) is 6.91. The lowest BCUT2D eigenvalue weighted by Crippen LogP contribution is -2.27. The predicted molar refractivity (Wildman–Crippen MR) is 109 cm³/mol. The number of ether oxygens (including phenoxy) is 1. The van der Waals surface area contributed by atoms with Crippen LogP contribution in [-0.4, -0.2) is 18.6 Å². The standard InChI is InChI=1S/C22H43NO3/c1-3-5-6-7-8-9-10-11-12-13-14-15-16-17-18-19-20-23-22(25)26-21(24)4-2/h3-20H2,1-2H3,(H,23,25). The molecular weight excluding hydrogens is 326 g/mol. The number of unbranched alkanes of at least 4 members (excludes halogenated alkanes) is 15. The number of alkyl carbamates (subject to hydrolysis) is 1. The van der Waals surface area contributed by atoms with Crippen molar-refractivity contribution in [1.29, 1.82) is 0 Å². The lowest BCUT2D eigenvalue weighted by Gasteiger charge is -2.05. The molecule has 0 bridgehead atoms. The van der Waals surface area contributed by atoms with Gasteiger partial charge < -0.3 is 10.1 Å². The lowest BCUT2D eigenvalue weighted by molar-refractivity contribution is -0.136. The summed E-state index contributed by atoms with van der Waals surface area (Å²) in [5.74, 6) is -0.477. The zero-order valence-corrected chi connectivity index (χ0v) is 17.5. The number of amides is 1. The van der Waals surface area contributed by atoms with Crippen LogP contribution >= 0.6 is 0 Å². The van der Waals surface area contributed by atoms with Gasteiger partial charge in [-0.15, -0.1) is 0 Å². The Balaban J connectivity index is 3.11. The van der Waals surface area contributed by atoms with Gasteiger partial charge in [0.1, 0.15) is 0 Å². The monoisotopic (exact) mass is 369 g/mol. The molecule has 0 aliphatic rings. The minimum atomic E-state index is -0.613. The summed E-state index contributed by atoms with van der Waals surface area (Å²) in [7, 11) is 0. The Morgan fingerprint density at radius 2 is 1.00 bits per heavy atom. The summed E-state index contributed by atoms with van der Waals surface area (Å²) < 4.78 is 4.54. The van der Waals surface area contributed by atoms with Gasteiger partial charge in [0.2, 0.25) is 0 Å². The van der Waals surface area contributed by atoms with Crippen LogP contribution in [0.25, 0.3) is 0 Å². The van der Waals surface area contributed by atoms with Crippen molar-refractivity contribution in [3.63, 3.8) is 0 Å². The fraction of sp³-hybridized carbons (Fsp3) is 0.909. The number of rotatable bonds is 18. The van der Waals surface area contributed by atoms with Gasteiger partial charge in [-0.1, -0.05) is 110 Å². The maximum Gasteiger partial charge on any atom is 0.414 e. The van der Waals surface area contributed by atoms with Gasteiger partial charge in [0.05, 0.1) is 0 Å². The third-order valence-corrected chi connectivity index (χ3v) is 4.79. The zero-order valence-electron chi connectivity index (χ0n) is 17.5. The van der Waals surface area contributed by atoms with Gasteiger partial charge in [-0.3, -0.25) is 4.79 Å². The van der Waals surface area contributed by atoms with Crippen molar-refractivity contribution in [3.05, 3.63) is 0 Å². The van der Waals surface area contributed by atoms with E-state index in [1.54, 1.807) is 6.92 Å². The van der Waals surface area contributed by atoms with E-state index in [2.05, 4.69) is 17.0 Å². The van der Waals surface area contributed by atoms with E-state index in [1.165, 1.54) is 89.9 Å². The minimum Gasteiger partial charge on any atom is -0.376 e. The number of hydrogen-bond donors (Lipinski definition) is 1. The number of nitrogens with one attached hydrogen (secondary N) is 1. The number of esters is 1. The molecule has 4 heteroatoms. The van der Waals surface area contributed by atoms with Crippen LogP contribution in [0.1, 0.15) is 123 Å². The largest absolute Gasteiger partial charge is 0.414 e. The fourth-order valence-electron chi connectivity index (χ4n) is 3.08. The molecule has 0 saturated heterocycles. The Bertz CT molecular complexity index is 331. The molecule has 1 amide bonds. The second-order valence-electron chi connectivity index (χ2n) is 7.35. The van der Waals surface area contributed by atoms with Crippen LogP contribution in [-0.2, 0) is 9.53 Å². The number of hydrogen-bond acceptors (Lipinski definition) is 3. The van der Waals surface area contributed by atoms with E-state index in [9.17, 15) is 9.59 Å². The van der Waals surface area contributed by atoms with Gasteiger partial charge in [-0.05, 0) is 6.42 Å². The molecule has 0 rings (SSSR count). The zero-order chi connectivity index (χ0) is 19.3. The van der Waals surface area contributed by atoms with Crippen molar-refractivity contribution >= 4 is 12.1 Å². The summed E-state index contributed by atoms with van der Waals surface area (Å²) in [5.41, 5.74) is 0. The molecule has 26 heavy (non-hydrogen) atoms. The van der Waals surface area contributed by atoms with Crippen LogP contribution in [0.4, 0.5) is 4.79 Å². The summed E-state index contributed by atoms with van der Waals surface area (Å²) in [6.07, 6.45) is 21.0. The van der Waals surface area contributed by atoms with Crippen molar-refractivity contribution in [3.8, 4) is 0 Å². The van der Waals surface area contributed by atoms with Crippen molar-refractivity contribution < 1.29 is 14.3 Å². The Morgan fingerprint density at radius 1 is 0.615 bits per heavy atom. The van der Waals surface area contributed by atoms with Crippen LogP contribution < -0.4 is 5.32 Å². The maximum atomic E-state index is 11.2. The molecule has 0 aliphatic heterocycles. The van der Waals surface area contributed by atoms with Gasteiger partial charge in [0.25, 0.3) is 0 Å². The second-order valence-corrected chi connectivity index (χ2v) is 7.35. The molecule has 0 atom stereocenters. The molecule has 0 aromatic carbocycles. The molecule has 0 unspecified atom stereocenters. The van der Waals surface area contributed by atoms with E-state index < -0.39 is 12.1 Å². The van der Waals surface area contributed by atoms with Crippen LogP contribution in [0.5, 0.6) is 0 Å². The summed E-state index contributed by atoms with van der Waals surface area (Å²) in [6.45, 7) is 4.54. The number of carbonyl (C=O) groups is 2. The molecule has 0 aromatic rings. The average molecular weight is 370 g/mol. The molecular formula is C22H43NO3. The first kappa shape index (κ1) is 24.9. The SMILES string of the molecule is CCCCCCCCCCCCCCCCCCNC(=O)OC(=O)CC. The lowest BCUT2D eigenvalue weighted by atomic mass is 10.0. The van der Waals surface area contributed by atoms with Crippen molar-refractivity contribution in [1.82, 2.24) is 5.32 Å². The molecule has 0 heterocycles. The van der Waals surface area contributed by atoms with Crippen LogP contribution in [0.2, 0.25) is 0 Å². The molecule has 0 saturated carbocycles. The average Bonchev–Trinajstić information content (AvgIpc) is 2.64. The Kier molecular flexibility index (Phi) is 19.4. The summed E-state index contributed by atoms with van der Waals surface area (Å²) in [4.78, 5) is 22.1. The van der Waals surface area contributed by atoms with Crippen LogP contribution in [0, 0.1) is 0 Å². The Labute approximate surface area is 161 Å². The molecule has 0 radical (unpaired) electrons. The Hall–Kier alpha value is -1.06. The first-order chi connectivity index (χ1) is 12.7. The molecule has 1 N–H and O–H groups in total. The van der Waals surface area contributed by atoms with E-state index in [-0.39, 0.29) is 6.42 Å². The van der Waals surface area contributed by atoms with Crippen LogP contribution in [0.3, 0.4) is 0 Å². The fourth-order valence-corrected chi connectivity index (χ4v) is 3.08. The second kappa shape index (κ2) is 20.3. The maximum absolute atomic E-state index is 11.2. The van der Waals surface area contributed by atoms with Crippen molar-refractivity contribution in [2.45, 2.75) is 123 Å². The smallest absolute Gasteiger partial charge is 0.376 e. The van der Waals surface area contributed by atoms with E-state index in [0.717, 1.165) is 12.8 Å². The van der Waals surface area contributed by atoms with E-state index in [0.29, 0.717) is 6.54 Å². The van der Waals surface area contributed by atoms with Gasteiger partial charge in [-0.2, -0.15) is 0 Å². The van der Waals surface area contributed by atoms with Gasteiger partial charge in [0, 0.05) is 13.0 Å². The third-order valence-electron chi connectivity index (χ3n) is 4.79. The number of carbonyl (C=O) groups excluding carboxylic acids is 2. The molecule has 0 aromatic heterocycles. The normalized spacial score (nSPS) is 10.7. The van der Waals surface area contributed by atoms with Gasteiger partial charge in [0.15, 0.2) is 0 Å². The highest BCUT2D eigenvalue weighted by Gasteiger charge is 2.06. The third kappa shape index (κ3) is 19.3. The molecule has 154 valence electrons. The highest BCUT2D eigenvalue weighted by molar-refractivity contribution is 5.84. The molecule has 0 fully saturated rings. The molecule has 0 spiro atoms. The van der Waals surface area contributed by atoms with Crippen molar-refractivity contribution in [2.24, 2.45) is 0 Å². The van der Waals surface area contributed by atoms with Gasteiger partial charge >= 0.3 is 12.1 Å². The van der Waals surface area contributed by atoms with E-state index in [1.807, 2.05) is 0 Å². The van der Waals surface area contributed by atoms with Crippen molar-refractivity contribution in [2.75, 3.05) is 6.54 Å². The minimum absolute atomic E-state index is 0.229.